The van der Waals surface area contributed by atoms with Gasteiger partial charge in [-0.1, -0.05) is 30.3 Å². The minimum absolute atomic E-state index is 0.221. The molecule has 0 saturated heterocycles. The zero-order valence-electron chi connectivity index (χ0n) is 10.2. The number of amides is 1. The van der Waals surface area contributed by atoms with Crippen molar-refractivity contribution in [2.24, 2.45) is 0 Å². The molecule has 1 heterocycles. The van der Waals surface area contributed by atoms with Crippen LogP contribution in [0.3, 0.4) is 0 Å². The fourth-order valence-electron chi connectivity index (χ4n) is 1.59. The second-order valence-corrected chi connectivity index (χ2v) is 3.87. The number of methoxy groups -OCH3 is 1. The van der Waals surface area contributed by atoms with E-state index in [1.807, 2.05) is 30.3 Å². The molecule has 0 spiro atoms. The van der Waals surface area contributed by atoms with E-state index >= 15 is 0 Å². The van der Waals surface area contributed by atoms with Crippen LogP contribution in [0.4, 0.5) is 0 Å². The zero-order valence-corrected chi connectivity index (χ0v) is 10.2. The SMILES string of the molecule is COCc1ccc(C(=O)NCc2ccccc2)o1. The van der Waals surface area contributed by atoms with E-state index in [1.54, 1.807) is 19.2 Å². The first kappa shape index (κ1) is 12.4. The van der Waals surface area contributed by atoms with Gasteiger partial charge in [0.25, 0.3) is 5.91 Å². The number of hydrogen-bond acceptors (Lipinski definition) is 3. The van der Waals surface area contributed by atoms with E-state index in [0.29, 0.717) is 24.7 Å². The zero-order chi connectivity index (χ0) is 12.8. The molecule has 1 amide bonds. The molecule has 18 heavy (non-hydrogen) atoms. The molecule has 4 nitrogen and oxygen atoms in total. The van der Waals surface area contributed by atoms with Crippen molar-refractivity contribution in [3.8, 4) is 0 Å². The van der Waals surface area contributed by atoms with E-state index in [9.17, 15) is 4.79 Å². The van der Waals surface area contributed by atoms with Crippen LogP contribution in [0.1, 0.15) is 21.9 Å². The molecule has 1 N–H and O–H groups in total. The average Bonchev–Trinajstić information content (AvgIpc) is 2.86. The standard InChI is InChI=1S/C14H15NO3/c1-17-10-12-7-8-13(18-12)14(16)15-9-11-5-3-2-4-6-11/h2-8H,9-10H2,1H3,(H,15,16). The van der Waals surface area contributed by atoms with Crippen LogP contribution in [0.25, 0.3) is 0 Å². The molecule has 0 radical (unpaired) electrons. The normalized spacial score (nSPS) is 10.3. The Morgan fingerprint density at radius 1 is 1.22 bits per heavy atom. The lowest BCUT2D eigenvalue weighted by atomic mass is 10.2. The molecule has 1 aromatic heterocycles. The van der Waals surface area contributed by atoms with Crippen LogP contribution in [0.5, 0.6) is 0 Å². The maximum atomic E-state index is 11.8. The van der Waals surface area contributed by atoms with Crippen molar-refractivity contribution in [3.05, 3.63) is 59.5 Å². The van der Waals surface area contributed by atoms with Crippen molar-refractivity contribution in [1.82, 2.24) is 5.32 Å². The van der Waals surface area contributed by atoms with Crippen molar-refractivity contribution < 1.29 is 13.9 Å². The molecule has 0 fully saturated rings. The first-order valence-electron chi connectivity index (χ1n) is 5.69. The van der Waals surface area contributed by atoms with Gasteiger partial charge in [0.15, 0.2) is 5.76 Å². The molecule has 0 aliphatic carbocycles. The molecule has 4 heteroatoms. The summed E-state index contributed by atoms with van der Waals surface area (Å²) in [5.74, 6) is 0.724. The molecule has 2 aromatic rings. The molecule has 0 atom stereocenters. The predicted octanol–water partition coefficient (Wildman–Crippen LogP) is 2.36. The van der Waals surface area contributed by atoms with Gasteiger partial charge in [-0.05, 0) is 17.7 Å². The van der Waals surface area contributed by atoms with E-state index in [-0.39, 0.29) is 5.91 Å². The van der Waals surface area contributed by atoms with E-state index in [2.05, 4.69) is 5.32 Å². The van der Waals surface area contributed by atoms with Gasteiger partial charge in [-0.3, -0.25) is 4.79 Å². The summed E-state index contributed by atoms with van der Waals surface area (Å²) in [6.07, 6.45) is 0. The third-order valence-corrected chi connectivity index (χ3v) is 2.47. The minimum atomic E-state index is -0.221. The molecule has 0 aliphatic rings. The molecular formula is C14H15NO3. The third-order valence-electron chi connectivity index (χ3n) is 2.47. The largest absolute Gasteiger partial charge is 0.453 e. The Morgan fingerprint density at radius 3 is 2.72 bits per heavy atom. The molecule has 1 aromatic carbocycles. The quantitative estimate of drug-likeness (QED) is 0.879. The van der Waals surface area contributed by atoms with Crippen LogP contribution in [0.15, 0.2) is 46.9 Å². The van der Waals surface area contributed by atoms with Gasteiger partial charge in [-0.25, -0.2) is 0 Å². The summed E-state index contributed by atoms with van der Waals surface area (Å²) in [6, 6.07) is 13.1. The summed E-state index contributed by atoms with van der Waals surface area (Å²) in [5.41, 5.74) is 1.05. The fourth-order valence-corrected chi connectivity index (χ4v) is 1.59. The summed E-state index contributed by atoms with van der Waals surface area (Å²) in [7, 11) is 1.58. The number of hydrogen-bond donors (Lipinski definition) is 1. The Labute approximate surface area is 106 Å². The van der Waals surface area contributed by atoms with Gasteiger partial charge in [0.05, 0.1) is 0 Å². The van der Waals surface area contributed by atoms with Crippen molar-refractivity contribution in [2.75, 3.05) is 7.11 Å². The van der Waals surface area contributed by atoms with E-state index in [1.165, 1.54) is 0 Å². The van der Waals surface area contributed by atoms with Crippen molar-refractivity contribution in [3.63, 3.8) is 0 Å². The molecule has 0 bridgehead atoms. The van der Waals surface area contributed by atoms with E-state index < -0.39 is 0 Å². The lowest BCUT2D eigenvalue weighted by Crippen LogP contribution is -2.22. The van der Waals surface area contributed by atoms with Gasteiger partial charge in [0, 0.05) is 13.7 Å². The van der Waals surface area contributed by atoms with Gasteiger partial charge in [-0.15, -0.1) is 0 Å². The number of ether oxygens (including phenoxy) is 1. The third kappa shape index (κ3) is 3.21. The van der Waals surface area contributed by atoms with Gasteiger partial charge >= 0.3 is 0 Å². The number of rotatable bonds is 5. The molecule has 94 valence electrons. The van der Waals surface area contributed by atoms with Gasteiger partial charge in [-0.2, -0.15) is 0 Å². The van der Waals surface area contributed by atoms with Crippen molar-refractivity contribution in [2.45, 2.75) is 13.2 Å². The summed E-state index contributed by atoms with van der Waals surface area (Å²) in [6.45, 7) is 0.853. The highest BCUT2D eigenvalue weighted by Gasteiger charge is 2.10. The Balaban J connectivity index is 1.91. The highest BCUT2D eigenvalue weighted by Crippen LogP contribution is 2.09. The molecule has 2 rings (SSSR count). The van der Waals surface area contributed by atoms with Crippen LogP contribution in [0.2, 0.25) is 0 Å². The van der Waals surface area contributed by atoms with Gasteiger partial charge in [0.2, 0.25) is 0 Å². The number of carbonyl (C=O) groups is 1. The fraction of sp³-hybridized carbons (Fsp3) is 0.214. The van der Waals surface area contributed by atoms with E-state index in [4.69, 9.17) is 9.15 Å². The maximum Gasteiger partial charge on any atom is 0.287 e. The van der Waals surface area contributed by atoms with Crippen LogP contribution in [0, 0.1) is 0 Å². The summed E-state index contributed by atoms with van der Waals surface area (Å²) >= 11 is 0. The Kier molecular flexibility index (Phi) is 4.15. The molecule has 0 saturated carbocycles. The molecule has 0 unspecified atom stereocenters. The van der Waals surface area contributed by atoms with Crippen LogP contribution < -0.4 is 5.32 Å². The minimum Gasteiger partial charge on any atom is -0.453 e. The van der Waals surface area contributed by atoms with Crippen molar-refractivity contribution in [1.29, 1.82) is 0 Å². The second kappa shape index (κ2) is 6.02. The summed E-state index contributed by atoms with van der Waals surface area (Å²) in [4.78, 5) is 11.8. The summed E-state index contributed by atoms with van der Waals surface area (Å²) in [5, 5.41) is 2.80. The molecular weight excluding hydrogens is 230 g/mol. The van der Waals surface area contributed by atoms with Crippen molar-refractivity contribution >= 4 is 5.91 Å². The summed E-state index contributed by atoms with van der Waals surface area (Å²) < 4.78 is 10.3. The lowest BCUT2D eigenvalue weighted by Gasteiger charge is -2.02. The predicted molar refractivity (Wildman–Crippen MR) is 67.0 cm³/mol. The van der Waals surface area contributed by atoms with Gasteiger partial charge < -0.3 is 14.5 Å². The van der Waals surface area contributed by atoms with Crippen LogP contribution in [-0.2, 0) is 17.9 Å². The first-order valence-corrected chi connectivity index (χ1v) is 5.69. The maximum absolute atomic E-state index is 11.8. The topological polar surface area (TPSA) is 51.5 Å². The monoisotopic (exact) mass is 245 g/mol. The number of furan rings is 1. The Morgan fingerprint density at radius 2 is 2.00 bits per heavy atom. The molecule has 0 aliphatic heterocycles. The average molecular weight is 245 g/mol. The first-order chi connectivity index (χ1) is 8.79. The number of carbonyl (C=O) groups excluding carboxylic acids is 1. The highest BCUT2D eigenvalue weighted by molar-refractivity contribution is 5.91. The smallest absolute Gasteiger partial charge is 0.287 e. The van der Waals surface area contributed by atoms with Gasteiger partial charge in [0.1, 0.15) is 12.4 Å². The second-order valence-electron chi connectivity index (χ2n) is 3.87. The highest BCUT2D eigenvalue weighted by atomic mass is 16.5. The lowest BCUT2D eigenvalue weighted by molar-refractivity contribution is 0.0914. The Bertz CT molecular complexity index is 505. The van der Waals surface area contributed by atoms with Crippen LogP contribution >= 0.6 is 0 Å². The number of nitrogens with one attached hydrogen (secondary N) is 1. The number of benzene rings is 1. The Hall–Kier alpha value is -2.07. The van der Waals surface area contributed by atoms with Crippen LogP contribution in [-0.4, -0.2) is 13.0 Å². The van der Waals surface area contributed by atoms with E-state index in [0.717, 1.165) is 5.56 Å².